The fourth-order valence-corrected chi connectivity index (χ4v) is 2.06. The van der Waals surface area contributed by atoms with Gasteiger partial charge in [-0.2, -0.15) is 0 Å². The monoisotopic (exact) mass is 299 g/mol. The summed E-state index contributed by atoms with van der Waals surface area (Å²) in [6.45, 7) is 6.23. The average Bonchev–Trinajstić information content (AvgIpc) is 2.73. The number of carbonyl (C=O) groups is 1. The van der Waals surface area contributed by atoms with E-state index in [-0.39, 0.29) is 6.10 Å². The predicted octanol–water partition coefficient (Wildman–Crippen LogP) is 3.91. The lowest BCUT2D eigenvalue weighted by Gasteiger charge is -2.09. The zero-order valence-electron chi connectivity index (χ0n) is 13.2. The molecule has 0 saturated heterocycles. The molecule has 0 atom stereocenters. The Morgan fingerprint density at radius 3 is 2.86 bits per heavy atom. The van der Waals surface area contributed by atoms with Crippen LogP contribution in [0, 0.1) is 0 Å². The normalized spacial score (nSPS) is 14.2. The van der Waals surface area contributed by atoms with Gasteiger partial charge in [0.05, 0.1) is 18.4 Å². The van der Waals surface area contributed by atoms with Crippen molar-refractivity contribution in [1.29, 1.82) is 0 Å². The molecule has 116 valence electrons. The number of nitrogens with zero attached hydrogens (tertiary/aromatic N) is 1. The number of hydrogen-bond donors (Lipinski definition) is 0. The zero-order chi connectivity index (χ0) is 15.9. The Morgan fingerprint density at radius 2 is 2.14 bits per heavy atom. The van der Waals surface area contributed by atoms with Crippen LogP contribution < -0.4 is 0 Å². The Morgan fingerprint density at radius 1 is 1.32 bits per heavy atom. The molecule has 1 aliphatic carbocycles. The van der Waals surface area contributed by atoms with E-state index in [2.05, 4.69) is 4.98 Å². The molecule has 0 radical (unpaired) electrons. The van der Waals surface area contributed by atoms with Crippen LogP contribution in [0.3, 0.4) is 0 Å². The summed E-state index contributed by atoms with van der Waals surface area (Å²) in [5, 5.41) is 0. The van der Waals surface area contributed by atoms with E-state index in [0.29, 0.717) is 12.3 Å². The van der Waals surface area contributed by atoms with Crippen LogP contribution in [0.4, 0.5) is 0 Å². The molecule has 0 saturated carbocycles. The number of aromatic nitrogens is 1. The third kappa shape index (κ3) is 4.32. The summed E-state index contributed by atoms with van der Waals surface area (Å²) in [5.41, 5.74) is 2.14. The predicted molar refractivity (Wildman–Crippen MR) is 86.2 cm³/mol. The second-order valence-electron chi connectivity index (χ2n) is 5.16. The molecule has 1 aliphatic rings. The fourth-order valence-electron chi connectivity index (χ4n) is 2.06. The number of carbonyl (C=O) groups excluding carboxylic acids is 1. The third-order valence-electron chi connectivity index (χ3n) is 3.01. The highest BCUT2D eigenvalue weighted by atomic mass is 16.5. The molecule has 0 aliphatic heterocycles. The van der Waals surface area contributed by atoms with Crippen LogP contribution in [0.5, 0.6) is 0 Å². The maximum Gasteiger partial charge on any atom is 0.357 e. The van der Waals surface area contributed by atoms with E-state index in [1.807, 2.05) is 57.2 Å². The number of esters is 1. The van der Waals surface area contributed by atoms with Crippen LogP contribution in [-0.4, -0.2) is 23.7 Å². The summed E-state index contributed by atoms with van der Waals surface area (Å²) in [6.07, 6.45) is 8.46. The number of pyridine rings is 1. The van der Waals surface area contributed by atoms with Gasteiger partial charge in [-0.05, 0) is 57.0 Å². The first-order valence-electron chi connectivity index (χ1n) is 7.48. The maximum atomic E-state index is 11.9. The molecule has 1 aromatic rings. The van der Waals surface area contributed by atoms with Gasteiger partial charge in [0.2, 0.25) is 0 Å². The Labute approximate surface area is 131 Å². The Balaban J connectivity index is 2.23. The third-order valence-corrected chi connectivity index (χ3v) is 3.01. The smallest absolute Gasteiger partial charge is 0.357 e. The number of allylic oxidation sites excluding steroid dienone is 5. The van der Waals surface area contributed by atoms with Gasteiger partial charge in [0.25, 0.3) is 0 Å². The van der Waals surface area contributed by atoms with E-state index in [1.165, 1.54) is 0 Å². The Bertz CT molecular complexity index is 627. The van der Waals surface area contributed by atoms with E-state index in [1.54, 1.807) is 6.07 Å². The van der Waals surface area contributed by atoms with Crippen molar-refractivity contribution < 1.29 is 14.3 Å². The molecule has 1 aromatic heterocycles. The van der Waals surface area contributed by atoms with Crippen LogP contribution >= 0.6 is 0 Å². The van der Waals surface area contributed by atoms with Gasteiger partial charge in [0, 0.05) is 0 Å². The first kappa shape index (κ1) is 16.0. The van der Waals surface area contributed by atoms with Crippen molar-refractivity contribution in [1.82, 2.24) is 4.98 Å². The average molecular weight is 299 g/mol. The topological polar surface area (TPSA) is 48.4 Å². The van der Waals surface area contributed by atoms with E-state index in [9.17, 15) is 4.79 Å². The van der Waals surface area contributed by atoms with Crippen LogP contribution in [0.25, 0.3) is 5.57 Å². The van der Waals surface area contributed by atoms with Gasteiger partial charge in [0.1, 0.15) is 11.5 Å². The highest BCUT2D eigenvalue weighted by Crippen LogP contribution is 2.21. The van der Waals surface area contributed by atoms with Gasteiger partial charge in [-0.25, -0.2) is 9.78 Å². The maximum absolute atomic E-state index is 11.9. The number of hydrogen-bond acceptors (Lipinski definition) is 4. The van der Waals surface area contributed by atoms with Gasteiger partial charge in [-0.15, -0.1) is 0 Å². The number of rotatable bonds is 5. The van der Waals surface area contributed by atoms with Gasteiger partial charge in [-0.3, -0.25) is 0 Å². The first-order chi connectivity index (χ1) is 10.6. The minimum absolute atomic E-state index is 0.158. The molecule has 2 rings (SSSR count). The van der Waals surface area contributed by atoms with E-state index in [0.717, 1.165) is 23.4 Å². The molecule has 0 spiro atoms. The van der Waals surface area contributed by atoms with Crippen molar-refractivity contribution >= 4 is 11.5 Å². The highest BCUT2D eigenvalue weighted by Gasteiger charge is 2.13. The summed E-state index contributed by atoms with van der Waals surface area (Å²) < 4.78 is 10.7. The highest BCUT2D eigenvalue weighted by molar-refractivity contribution is 5.88. The fraction of sp³-hybridized carbons (Fsp3) is 0.333. The summed E-state index contributed by atoms with van der Waals surface area (Å²) in [7, 11) is 0. The molecule has 4 heteroatoms. The minimum atomic E-state index is -0.396. The quantitative estimate of drug-likeness (QED) is 0.773. The van der Waals surface area contributed by atoms with Gasteiger partial charge >= 0.3 is 5.97 Å². The zero-order valence-corrected chi connectivity index (χ0v) is 13.2. The van der Waals surface area contributed by atoms with Crippen LogP contribution in [-0.2, 0) is 9.47 Å². The van der Waals surface area contributed by atoms with Crippen molar-refractivity contribution in [3.8, 4) is 0 Å². The lowest BCUT2D eigenvalue weighted by atomic mass is 10.1. The van der Waals surface area contributed by atoms with Crippen molar-refractivity contribution in [2.24, 2.45) is 0 Å². The van der Waals surface area contributed by atoms with Crippen molar-refractivity contribution in [2.45, 2.75) is 33.3 Å². The molecular formula is C18H21NO3. The van der Waals surface area contributed by atoms with Crippen molar-refractivity contribution in [3.05, 3.63) is 59.7 Å². The molecule has 0 unspecified atom stereocenters. The molecule has 1 heterocycles. The molecule has 0 bridgehead atoms. The second kappa shape index (κ2) is 7.59. The van der Waals surface area contributed by atoms with Gasteiger partial charge < -0.3 is 9.47 Å². The SMILES string of the molecule is CCOC1=CC=C(c2cccc(C(=O)OC(C)C)n2)CC=C1. The summed E-state index contributed by atoms with van der Waals surface area (Å²) in [4.78, 5) is 16.4. The van der Waals surface area contributed by atoms with Gasteiger partial charge in [-0.1, -0.05) is 18.2 Å². The van der Waals surface area contributed by atoms with E-state index >= 15 is 0 Å². The molecule has 0 amide bonds. The summed E-state index contributed by atoms with van der Waals surface area (Å²) in [6, 6.07) is 5.38. The van der Waals surface area contributed by atoms with Crippen LogP contribution in [0.1, 0.15) is 43.4 Å². The molecule has 0 fully saturated rings. The second-order valence-corrected chi connectivity index (χ2v) is 5.16. The summed E-state index contributed by atoms with van der Waals surface area (Å²) in [5.74, 6) is 0.431. The Kier molecular flexibility index (Phi) is 5.53. The van der Waals surface area contributed by atoms with Crippen LogP contribution in [0.15, 0.2) is 48.3 Å². The van der Waals surface area contributed by atoms with E-state index in [4.69, 9.17) is 9.47 Å². The van der Waals surface area contributed by atoms with Crippen molar-refractivity contribution in [2.75, 3.05) is 6.61 Å². The largest absolute Gasteiger partial charge is 0.494 e. The molecule has 0 N–H and O–H groups in total. The summed E-state index contributed by atoms with van der Waals surface area (Å²) >= 11 is 0. The Hall–Kier alpha value is -2.36. The van der Waals surface area contributed by atoms with E-state index < -0.39 is 5.97 Å². The standard InChI is InChI=1S/C18H21NO3/c1-4-21-15-8-5-7-14(11-12-15)16-9-6-10-17(19-16)18(20)22-13(2)3/h5-6,8-13H,4,7H2,1-3H3. The van der Waals surface area contributed by atoms with Crippen LogP contribution in [0.2, 0.25) is 0 Å². The lowest BCUT2D eigenvalue weighted by molar-refractivity contribution is 0.0371. The molecule has 22 heavy (non-hydrogen) atoms. The van der Waals surface area contributed by atoms with Crippen molar-refractivity contribution in [3.63, 3.8) is 0 Å². The van der Waals surface area contributed by atoms with Gasteiger partial charge in [0.15, 0.2) is 0 Å². The first-order valence-corrected chi connectivity index (χ1v) is 7.48. The molecular weight excluding hydrogens is 278 g/mol. The lowest BCUT2D eigenvalue weighted by Crippen LogP contribution is -2.13. The molecule has 0 aromatic carbocycles. The molecule has 4 nitrogen and oxygen atoms in total. The minimum Gasteiger partial charge on any atom is -0.494 e. The number of ether oxygens (including phenoxy) is 2.